The second-order valence-electron chi connectivity index (χ2n) is 5.06. The first-order valence-electron chi connectivity index (χ1n) is 6.56. The van der Waals surface area contributed by atoms with E-state index >= 15 is 0 Å². The standard InChI is InChI=1S/C13H17NO4/c1-2-9-8(5-6-17-9)12-14-10(7-3-4-7)11(18-12)13(15)16/h7-9H,2-6H2,1H3,(H,15,16). The minimum atomic E-state index is -1.01. The first kappa shape index (κ1) is 11.7. The van der Waals surface area contributed by atoms with Crippen molar-refractivity contribution in [2.75, 3.05) is 6.61 Å². The van der Waals surface area contributed by atoms with Crippen LogP contribution in [-0.4, -0.2) is 28.8 Å². The van der Waals surface area contributed by atoms with Crippen LogP contribution in [0.2, 0.25) is 0 Å². The molecule has 0 amide bonds. The number of carboxylic acids is 1. The summed E-state index contributed by atoms with van der Waals surface area (Å²) in [5, 5.41) is 9.16. The number of carbonyl (C=O) groups is 1. The monoisotopic (exact) mass is 251 g/mol. The fourth-order valence-electron chi connectivity index (χ4n) is 2.63. The van der Waals surface area contributed by atoms with Gasteiger partial charge in [-0.3, -0.25) is 0 Å². The highest BCUT2D eigenvalue weighted by molar-refractivity contribution is 5.86. The summed E-state index contributed by atoms with van der Waals surface area (Å²) in [7, 11) is 0. The topological polar surface area (TPSA) is 72.6 Å². The maximum atomic E-state index is 11.2. The quantitative estimate of drug-likeness (QED) is 0.890. The molecule has 0 spiro atoms. The van der Waals surface area contributed by atoms with Gasteiger partial charge in [-0.2, -0.15) is 0 Å². The Bertz CT molecular complexity index is 464. The summed E-state index contributed by atoms with van der Waals surface area (Å²) in [6.45, 7) is 2.76. The Labute approximate surface area is 105 Å². The van der Waals surface area contributed by atoms with E-state index < -0.39 is 5.97 Å². The van der Waals surface area contributed by atoms with Crippen molar-refractivity contribution >= 4 is 5.97 Å². The Morgan fingerprint density at radius 1 is 1.44 bits per heavy atom. The molecular weight excluding hydrogens is 234 g/mol. The van der Waals surface area contributed by atoms with Crippen LogP contribution < -0.4 is 0 Å². The molecule has 1 saturated carbocycles. The molecule has 3 rings (SSSR count). The Balaban J connectivity index is 1.92. The van der Waals surface area contributed by atoms with Gasteiger partial charge in [-0.15, -0.1) is 0 Å². The molecule has 2 fully saturated rings. The first-order valence-corrected chi connectivity index (χ1v) is 6.56. The van der Waals surface area contributed by atoms with Gasteiger partial charge >= 0.3 is 5.97 Å². The van der Waals surface area contributed by atoms with Crippen LogP contribution in [0.3, 0.4) is 0 Å². The van der Waals surface area contributed by atoms with Crippen molar-refractivity contribution in [3.63, 3.8) is 0 Å². The highest BCUT2D eigenvalue weighted by Gasteiger charge is 2.38. The van der Waals surface area contributed by atoms with Gasteiger partial charge < -0.3 is 14.3 Å². The highest BCUT2D eigenvalue weighted by Crippen LogP contribution is 2.43. The molecule has 1 aromatic rings. The van der Waals surface area contributed by atoms with Gasteiger partial charge in [-0.1, -0.05) is 6.92 Å². The van der Waals surface area contributed by atoms with E-state index in [1.54, 1.807) is 0 Å². The minimum absolute atomic E-state index is 0.0363. The molecule has 1 aliphatic carbocycles. The number of aromatic nitrogens is 1. The molecule has 1 N–H and O–H groups in total. The molecule has 5 heteroatoms. The highest BCUT2D eigenvalue weighted by atomic mass is 16.5. The zero-order chi connectivity index (χ0) is 12.7. The van der Waals surface area contributed by atoms with Crippen LogP contribution in [0.5, 0.6) is 0 Å². The number of aromatic carboxylic acids is 1. The zero-order valence-corrected chi connectivity index (χ0v) is 10.4. The normalized spacial score (nSPS) is 27.6. The van der Waals surface area contributed by atoms with Gasteiger partial charge in [0, 0.05) is 12.5 Å². The van der Waals surface area contributed by atoms with Gasteiger partial charge in [0.15, 0.2) is 0 Å². The van der Waals surface area contributed by atoms with Gasteiger partial charge in [0.1, 0.15) is 0 Å². The molecule has 5 nitrogen and oxygen atoms in total. The second kappa shape index (κ2) is 4.39. The lowest BCUT2D eigenvalue weighted by Gasteiger charge is -2.12. The van der Waals surface area contributed by atoms with Crippen LogP contribution in [0.25, 0.3) is 0 Å². The molecule has 2 aliphatic rings. The van der Waals surface area contributed by atoms with Gasteiger partial charge in [0.05, 0.1) is 17.7 Å². The van der Waals surface area contributed by atoms with E-state index in [2.05, 4.69) is 11.9 Å². The number of hydrogen-bond donors (Lipinski definition) is 1. The van der Waals surface area contributed by atoms with E-state index in [1.165, 1.54) is 0 Å². The molecule has 1 saturated heterocycles. The Hall–Kier alpha value is -1.36. The van der Waals surface area contributed by atoms with E-state index in [0.717, 1.165) is 25.7 Å². The van der Waals surface area contributed by atoms with Gasteiger partial charge in [-0.05, 0) is 25.7 Å². The minimum Gasteiger partial charge on any atom is -0.475 e. The fourth-order valence-corrected chi connectivity index (χ4v) is 2.63. The van der Waals surface area contributed by atoms with Gasteiger partial charge in [-0.25, -0.2) is 9.78 Å². The maximum absolute atomic E-state index is 11.2. The Morgan fingerprint density at radius 2 is 2.22 bits per heavy atom. The van der Waals surface area contributed by atoms with Crippen molar-refractivity contribution in [1.29, 1.82) is 0 Å². The summed E-state index contributed by atoms with van der Waals surface area (Å²) in [6, 6.07) is 0. The zero-order valence-electron chi connectivity index (χ0n) is 10.4. The summed E-state index contributed by atoms with van der Waals surface area (Å²) in [4.78, 5) is 15.6. The molecule has 2 heterocycles. The Morgan fingerprint density at radius 3 is 2.83 bits per heavy atom. The molecule has 1 aliphatic heterocycles. The van der Waals surface area contributed by atoms with Crippen LogP contribution in [0.4, 0.5) is 0 Å². The molecule has 0 bridgehead atoms. The fraction of sp³-hybridized carbons (Fsp3) is 0.692. The lowest BCUT2D eigenvalue weighted by Crippen LogP contribution is -2.13. The molecule has 18 heavy (non-hydrogen) atoms. The number of hydrogen-bond acceptors (Lipinski definition) is 4. The Kier molecular flexibility index (Phi) is 2.86. The summed E-state index contributed by atoms with van der Waals surface area (Å²) in [5.41, 5.74) is 0.638. The van der Waals surface area contributed by atoms with Crippen LogP contribution in [0, 0.1) is 0 Å². The number of oxazole rings is 1. The lowest BCUT2D eigenvalue weighted by molar-refractivity contribution is 0.0652. The van der Waals surface area contributed by atoms with Crippen molar-refractivity contribution in [3.05, 3.63) is 17.3 Å². The van der Waals surface area contributed by atoms with Crippen molar-refractivity contribution in [2.24, 2.45) is 0 Å². The van der Waals surface area contributed by atoms with Crippen LogP contribution >= 0.6 is 0 Å². The van der Waals surface area contributed by atoms with Crippen molar-refractivity contribution in [3.8, 4) is 0 Å². The average Bonchev–Trinajstić information content (AvgIpc) is 2.94. The molecule has 2 unspecified atom stereocenters. The number of carboxylic acid groups (broad SMARTS) is 1. The predicted octanol–water partition coefficient (Wildman–Crippen LogP) is 2.53. The number of nitrogens with zero attached hydrogens (tertiary/aromatic N) is 1. The van der Waals surface area contributed by atoms with E-state index in [0.29, 0.717) is 18.2 Å². The van der Waals surface area contributed by atoms with E-state index in [9.17, 15) is 4.79 Å². The van der Waals surface area contributed by atoms with Gasteiger partial charge in [0.25, 0.3) is 0 Å². The molecule has 2 atom stereocenters. The summed E-state index contributed by atoms with van der Waals surface area (Å²) in [6.07, 6.45) is 3.91. The SMILES string of the molecule is CCC1OCCC1c1nc(C2CC2)c(C(=O)O)o1. The maximum Gasteiger partial charge on any atom is 0.373 e. The third-order valence-electron chi connectivity index (χ3n) is 3.76. The number of ether oxygens (including phenoxy) is 1. The average molecular weight is 251 g/mol. The smallest absolute Gasteiger partial charge is 0.373 e. The first-order chi connectivity index (χ1) is 8.70. The van der Waals surface area contributed by atoms with Crippen molar-refractivity contribution in [2.45, 2.75) is 50.5 Å². The molecule has 98 valence electrons. The predicted molar refractivity (Wildman–Crippen MR) is 62.8 cm³/mol. The lowest BCUT2D eigenvalue weighted by atomic mass is 10.00. The largest absolute Gasteiger partial charge is 0.475 e. The van der Waals surface area contributed by atoms with Crippen molar-refractivity contribution in [1.82, 2.24) is 4.98 Å². The second-order valence-corrected chi connectivity index (χ2v) is 5.06. The van der Waals surface area contributed by atoms with E-state index in [4.69, 9.17) is 14.3 Å². The molecule has 0 aromatic carbocycles. The van der Waals surface area contributed by atoms with Gasteiger partial charge in [0.2, 0.25) is 11.7 Å². The van der Waals surface area contributed by atoms with Crippen molar-refractivity contribution < 1.29 is 19.1 Å². The van der Waals surface area contributed by atoms with E-state index in [1.807, 2.05) is 0 Å². The molecular formula is C13H17NO4. The molecule has 0 radical (unpaired) electrons. The molecule has 1 aromatic heterocycles. The summed E-state index contributed by atoms with van der Waals surface area (Å²) < 4.78 is 11.1. The van der Waals surface area contributed by atoms with Crippen LogP contribution in [-0.2, 0) is 4.74 Å². The number of rotatable bonds is 4. The summed E-state index contributed by atoms with van der Waals surface area (Å²) >= 11 is 0. The van der Waals surface area contributed by atoms with Crippen LogP contribution in [0.1, 0.15) is 66.6 Å². The van der Waals surface area contributed by atoms with Crippen LogP contribution in [0.15, 0.2) is 4.42 Å². The third kappa shape index (κ3) is 1.92. The van der Waals surface area contributed by atoms with E-state index in [-0.39, 0.29) is 23.7 Å². The summed E-state index contributed by atoms with van der Waals surface area (Å²) in [5.74, 6) is -0.0212. The third-order valence-corrected chi connectivity index (χ3v) is 3.76.